The number of imidazole rings is 1. The monoisotopic (exact) mass is 441 g/mol. The van der Waals surface area contributed by atoms with Crippen LogP contribution in [-0.2, 0) is 11.3 Å². The average Bonchev–Trinajstić information content (AvgIpc) is 3.31. The van der Waals surface area contributed by atoms with E-state index in [0.717, 1.165) is 4.47 Å². The van der Waals surface area contributed by atoms with Crippen molar-refractivity contribution in [2.75, 3.05) is 5.32 Å². The fourth-order valence-electron chi connectivity index (χ4n) is 2.56. The summed E-state index contributed by atoms with van der Waals surface area (Å²) in [4.78, 5) is 20.6. The zero-order valence-corrected chi connectivity index (χ0v) is 15.9. The number of hydrogen-bond acceptors (Lipinski definition) is 5. The molecule has 2 aromatic heterocycles. The molecule has 0 aliphatic rings. The second-order valence-corrected chi connectivity index (χ2v) is 6.84. The third-order valence-corrected chi connectivity index (χ3v) is 4.29. The van der Waals surface area contributed by atoms with Crippen molar-refractivity contribution in [3.63, 3.8) is 0 Å². The summed E-state index contributed by atoms with van der Waals surface area (Å²) in [7, 11) is 0. The molecular formula is C19H13BrFN5O2. The lowest BCUT2D eigenvalue weighted by Crippen LogP contribution is -2.17. The zero-order chi connectivity index (χ0) is 19.5. The number of hydrogen-bond donors (Lipinski definition) is 1. The summed E-state index contributed by atoms with van der Waals surface area (Å²) in [6.45, 7) is 0.0775. The van der Waals surface area contributed by atoms with Crippen molar-refractivity contribution in [1.82, 2.24) is 19.7 Å². The molecule has 1 amide bonds. The summed E-state index contributed by atoms with van der Waals surface area (Å²) in [5.41, 5.74) is 1.62. The van der Waals surface area contributed by atoms with Gasteiger partial charge in [-0.1, -0.05) is 33.2 Å². The summed E-state index contributed by atoms with van der Waals surface area (Å²) >= 11 is 3.36. The molecule has 0 saturated carbocycles. The van der Waals surface area contributed by atoms with E-state index in [1.807, 2.05) is 18.2 Å². The normalized spacial score (nSPS) is 10.8. The van der Waals surface area contributed by atoms with Gasteiger partial charge in [0.05, 0.1) is 6.33 Å². The van der Waals surface area contributed by atoms with E-state index in [9.17, 15) is 9.18 Å². The molecule has 2 aromatic carbocycles. The lowest BCUT2D eigenvalue weighted by Gasteiger charge is -2.05. The van der Waals surface area contributed by atoms with Gasteiger partial charge in [-0.3, -0.25) is 4.79 Å². The Morgan fingerprint density at radius 3 is 2.89 bits per heavy atom. The molecule has 0 bridgehead atoms. The van der Waals surface area contributed by atoms with Gasteiger partial charge in [0, 0.05) is 21.9 Å². The molecule has 140 valence electrons. The van der Waals surface area contributed by atoms with Gasteiger partial charge in [-0.15, -0.1) is 0 Å². The van der Waals surface area contributed by atoms with Crippen LogP contribution in [0.15, 0.2) is 70.1 Å². The van der Waals surface area contributed by atoms with Crippen molar-refractivity contribution in [2.24, 2.45) is 0 Å². The Morgan fingerprint density at radius 1 is 1.21 bits per heavy atom. The first kappa shape index (κ1) is 18.1. The van der Waals surface area contributed by atoms with Crippen LogP contribution in [0.3, 0.4) is 0 Å². The predicted octanol–water partition coefficient (Wildman–Crippen LogP) is 4.14. The van der Waals surface area contributed by atoms with Crippen molar-refractivity contribution >= 4 is 27.5 Å². The van der Waals surface area contributed by atoms with Crippen molar-refractivity contribution in [2.45, 2.75) is 6.54 Å². The van der Waals surface area contributed by atoms with Gasteiger partial charge in [0.2, 0.25) is 11.7 Å². The maximum absolute atomic E-state index is 13.3. The lowest BCUT2D eigenvalue weighted by molar-refractivity contribution is -0.116. The van der Waals surface area contributed by atoms with Gasteiger partial charge in [-0.25, -0.2) is 9.37 Å². The first-order valence-corrected chi connectivity index (χ1v) is 9.03. The van der Waals surface area contributed by atoms with Gasteiger partial charge in [0.25, 0.3) is 5.89 Å². The maximum Gasteiger partial charge on any atom is 0.258 e. The van der Waals surface area contributed by atoms with Crippen LogP contribution in [0.2, 0.25) is 0 Å². The van der Waals surface area contributed by atoms with Gasteiger partial charge < -0.3 is 14.4 Å². The smallest absolute Gasteiger partial charge is 0.258 e. The Labute approximate surface area is 167 Å². The number of rotatable bonds is 5. The minimum Gasteiger partial charge on any atom is -0.334 e. The standard InChI is InChI=1S/C19H13BrFN5O2/c20-13-4-2-6-15(8-13)23-17(27)10-26-9-16(22-11-26)18-24-19(28-25-18)12-3-1-5-14(21)7-12/h1-9,11H,10H2,(H,23,27). The van der Waals surface area contributed by atoms with Gasteiger partial charge in [0.1, 0.15) is 18.1 Å². The number of anilines is 1. The zero-order valence-electron chi connectivity index (χ0n) is 14.3. The first-order valence-electron chi connectivity index (χ1n) is 8.24. The van der Waals surface area contributed by atoms with Crippen LogP contribution in [0.5, 0.6) is 0 Å². The minimum atomic E-state index is -0.391. The van der Waals surface area contributed by atoms with Crippen LogP contribution >= 0.6 is 15.9 Å². The molecule has 4 aromatic rings. The summed E-state index contributed by atoms with van der Waals surface area (Å²) in [5, 5.41) is 6.68. The Morgan fingerprint density at radius 2 is 2.07 bits per heavy atom. The highest BCUT2D eigenvalue weighted by Crippen LogP contribution is 2.22. The number of amides is 1. The van der Waals surface area contributed by atoms with E-state index in [-0.39, 0.29) is 24.2 Å². The SMILES string of the molecule is O=C(Cn1cnc(-c2noc(-c3cccc(F)c3)n2)c1)Nc1cccc(Br)c1. The van der Waals surface area contributed by atoms with E-state index in [1.165, 1.54) is 18.5 Å². The molecule has 1 N–H and O–H groups in total. The molecule has 7 nitrogen and oxygen atoms in total. The van der Waals surface area contributed by atoms with Crippen LogP contribution in [0, 0.1) is 5.82 Å². The topological polar surface area (TPSA) is 85.8 Å². The molecule has 9 heteroatoms. The number of nitrogens with one attached hydrogen (secondary N) is 1. The highest BCUT2D eigenvalue weighted by Gasteiger charge is 2.14. The summed E-state index contributed by atoms with van der Waals surface area (Å²) < 4.78 is 21.0. The number of benzene rings is 2. The Hall–Kier alpha value is -3.33. The Bertz CT molecular complexity index is 1140. The van der Waals surface area contributed by atoms with E-state index >= 15 is 0 Å². The first-order chi connectivity index (χ1) is 13.6. The molecule has 0 fully saturated rings. The highest BCUT2D eigenvalue weighted by molar-refractivity contribution is 9.10. The molecule has 4 rings (SSSR count). The van der Waals surface area contributed by atoms with E-state index in [1.54, 1.807) is 29.0 Å². The van der Waals surface area contributed by atoms with Crippen LogP contribution in [0.1, 0.15) is 0 Å². The Balaban J connectivity index is 1.45. The van der Waals surface area contributed by atoms with Crippen molar-refractivity contribution < 1.29 is 13.7 Å². The van der Waals surface area contributed by atoms with E-state index in [0.29, 0.717) is 16.9 Å². The van der Waals surface area contributed by atoms with Crippen molar-refractivity contribution in [3.8, 4) is 23.0 Å². The second-order valence-electron chi connectivity index (χ2n) is 5.92. The van der Waals surface area contributed by atoms with Gasteiger partial charge in [0.15, 0.2) is 0 Å². The van der Waals surface area contributed by atoms with Crippen LogP contribution in [0.25, 0.3) is 23.0 Å². The maximum atomic E-state index is 13.3. The number of nitrogens with zero attached hydrogens (tertiary/aromatic N) is 4. The second kappa shape index (κ2) is 7.73. The van der Waals surface area contributed by atoms with Crippen LogP contribution < -0.4 is 5.32 Å². The molecule has 0 aliphatic carbocycles. The van der Waals surface area contributed by atoms with Gasteiger partial charge >= 0.3 is 0 Å². The Kier molecular flexibility index (Phi) is 4.98. The van der Waals surface area contributed by atoms with Crippen LogP contribution in [-0.4, -0.2) is 25.6 Å². The molecule has 0 saturated heterocycles. The number of aromatic nitrogens is 4. The summed E-state index contributed by atoms with van der Waals surface area (Å²) in [6, 6.07) is 13.2. The predicted molar refractivity (Wildman–Crippen MR) is 104 cm³/mol. The van der Waals surface area contributed by atoms with Gasteiger partial charge in [-0.05, 0) is 36.4 Å². The van der Waals surface area contributed by atoms with Gasteiger partial charge in [-0.2, -0.15) is 4.98 Å². The highest BCUT2D eigenvalue weighted by atomic mass is 79.9. The number of carbonyl (C=O) groups excluding carboxylic acids is 1. The van der Waals surface area contributed by atoms with Crippen LogP contribution in [0.4, 0.5) is 10.1 Å². The lowest BCUT2D eigenvalue weighted by atomic mass is 10.2. The average molecular weight is 442 g/mol. The summed E-state index contributed by atoms with van der Waals surface area (Å²) in [5.74, 6) is -0.143. The number of carbonyl (C=O) groups is 1. The van der Waals surface area contributed by atoms with Crippen molar-refractivity contribution in [3.05, 3.63) is 71.3 Å². The molecule has 0 unspecified atom stereocenters. The van der Waals surface area contributed by atoms with E-state index < -0.39 is 5.82 Å². The molecule has 2 heterocycles. The largest absolute Gasteiger partial charge is 0.334 e. The van der Waals surface area contributed by atoms with E-state index in [4.69, 9.17) is 4.52 Å². The fraction of sp³-hybridized carbons (Fsp3) is 0.0526. The van der Waals surface area contributed by atoms with Crippen molar-refractivity contribution in [1.29, 1.82) is 0 Å². The quantitative estimate of drug-likeness (QED) is 0.502. The molecule has 0 spiro atoms. The third-order valence-electron chi connectivity index (χ3n) is 3.79. The fourth-order valence-corrected chi connectivity index (χ4v) is 2.96. The molecule has 0 radical (unpaired) electrons. The summed E-state index contributed by atoms with van der Waals surface area (Å²) in [6.07, 6.45) is 3.15. The van der Waals surface area contributed by atoms with E-state index in [2.05, 4.69) is 36.4 Å². The molecular weight excluding hydrogens is 429 g/mol. The minimum absolute atomic E-state index is 0.0775. The molecule has 0 atom stereocenters. The molecule has 0 aliphatic heterocycles. The molecule has 28 heavy (non-hydrogen) atoms. The number of halogens is 2. The third kappa shape index (κ3) is 4.15.